The van der Waals surface area contributed by atoms with E-state index in [1.54, 1.807) is 12.1 Å². The standard InChI is InChI=1S/C21H20F2N6O3S/c22-14-7-3-5-12(16(14)23)11-15-25-20(28-27-15)18-19(30)17-13(6-4-8-24-17)21(26-18)29-9-1-2-10-33(29,31)32/h3-8,30-32H,1-2,9-11H2,(H,25,27,28). The normalized spacial score (nSPS) is 16.8. The maximum atomic E-state index is 14.0. The highest BCUT2D eigenvalue weighted by atomic mass is 32.3. The van der Waals surface area contributed by atoms with Crippen molar-refractivity contribution in [1.29, 1.82) is 0 Å². The maximum absolute atomic E-state index is 14.0. The zero-order valence-electron chi connectivity index (χ0n) is 17.2. The molecule has 1 saturated heterocycles. The molecule has 0 amide bonds. The molecule has 1 fully saturated rings. The molecule has 0 spiro atoms. The van der Waals surface area contributed by atoms with Crippen molar-refractivity contribution in [3.8, 4) is 17.3 Å². The Morgan fingerprint density at radius 1 is 1.09 bits per heavy atom. The highest BCUT2D eigenvalue weighted by molar-refractivity contribution is 8.25. The summed E-state index contributed by atoms with van der Waals surface area (Å²) in [6.07, 6.45) is 2.88. The lowest BCUT2D eigenvalue weighted by atomic mass is 10.1. The summed E-state index contributed by atoms with van der Waals surface area (Å²) in [5.41, 5.74) is 0.290. The Morgan fingerprint density at radius 3 is 2.76 bits per heavy atom. The van der Waals surface area contributed by atoms with Gasteiger partial charge in [0.2, 0.25) is 5.82 Å². The van der Waals surface area contributed by atoms with Gasteiger partial charge in [-0.15, -0.1) is 10.8 Å². The zero-order chi connectivity index (χ0) is 23.2. The molecule has 0 saturated carbocycles. The van der Waals surface area contributed by atoms with E-state index in [2.05, 4.69) is 25.1 Å². The molecule has 5 rings (SSSR count). The fourth-order valence-corrected chi connectivity index (χ4v) is 5.50. The van der Waals surface area contributed by atoms with E-state index < -0.39 is 22.4 Å². The Kier molecular flexibility index (Phi) is 5.35. The molecule has 0 unspecified atom stereocenters. The van der Waals surface area contributed by atoms with Crippen LogP contribution in [0.3, 0.4) is 0 Å². The molecule has 3 aromatic heterocycles. The van der Waals surface area contributed by atoms with Crippen LogP contribution in [-0.4, -0.2) is 51.7 Å². The molecule has 0 bridgehead atoms. The molecule has 1 aromatic carbocycles. The molecule has 1 aliphatic heterocycles. The monoisotopic (exact) mass is 474 g/mol. The van der Waals surface area contributed by atoms with Crippen molar-refractivity contribution in [1.82, 2.24) is 25.1 Å². The number of fused-ring (bicyclic) bond motifs is 1. The Morgan fingerprint density at radius 2 is 1.94 bits per heavy atom. The smallest absolute Gasteiger partial charge is 0.203 e. The number of rotatable bonds is 4. The molecular weight excluding hydrogens is 454 g/mol. The van der Waals surface area contributed by atoms with Crippen molar-refractivity contribution in [3.63, 3.8) is 0 Å². The summed E-state index contributed by atoms with van der Waals surface area (Å²) >= 11 is 0. The van der Waals surface area contributed by atoms with Crippen molar-refractivity contribution in [2.75, 3.05) is 16.6 Å². The van der Waals surface area contributed by atoms with E-state index in [4.69, 9.17) is 0 Å². The average molecular weight is 474 g/mol. The third-order valence-electron chi connectivity index (χ3n) is 5.47. The Balaban J connectivity index is 1.59. The molecule has 4 N–H and O–H groups in total. The van der Waals surface area contributed by atoms with Gasteiger partial charge in [-0.3, -0.25) is 23.5 Å². The van der Waals surface area contributed by atoms with Gasteiger partial charge < -0.3 is 5.11 Å². The predicted molar refractivity (Wildman–Crippen MR) is 120 cm³/mol. The molecular formula is C21H20F2N6O3S. The van der Waals surface area contributed by atoms with Gasteiger partial charge in [-0.2, -0.15) is 5.10 Å². The van der Waals surface area contributed by atoms with Crippen LogP contribution in [0.1, 0.15) is 24.2 Å². The van der Waals surface area contributed by atoms with Crippen LogP contribution in [0, 0.1) is 11.6 Å². The number of nitrogens with one attached hydrogen (secondary N) is 1. The SMILES string of the molecule is Oc1c(-c2n[nH]c(Cc3cccc(F)c3F)n2)nc(N2CCCCS2(O)O)c2cccnc12. The van der Waals surface area contributed by atoms with Gasteiger partial charge in [0, 0.05) is 24.5 Å². The molecule has 4 heterocycles. The van der Waals surface area contributed by atoms with E-state index >= 15 is 0 Å². The molecule has 0 atom stereocenters. The number of pyridine rings is 2. The topological polar surface area (TPSA) is 131 Å². The first-order chi connectivity index (χ1) is 15.8. The highest BCUT2D eigenvalue weighted by Gasteiger charge is 2.31. The molecule has 0 aliphatic carbocycles. The summed E-state index contributed by atoms with van der Waals surface area (Å²) in [7, 11) is -3.09. The summed E-state index contributed by atoms with van der Waals surface area (Å²) in [5.74, 6) is -1.47. The number of nitrogens with zero attached hydrogens (tertiary/aromatic N) is 5. The molecule has 12 heteroatoms. The summed E-state index contributed by atoms with van der Waals surface area (Å²) in [6.45, 7) is 0.377. The number of H-pyrrole nitrogens is 1. The van der Waals surface area contributed by atoms with Crippen molar-refractivity contribution in [3.05, 3.63) is 59.6 Å². The van der Waals surface area contributed by atoms with Crippen LogP contribution in [0.15, 0.2) is 36.5 Å². The number of hydrogen-bond donors (Lipinski definition) is 4. The first kappa shape index (κ1) is 21.5. The van der Waals surface area contributed by atoms with Crippen LogP contribution in [0.25, 0.3) is 22.4 Å². The van der Waals surface area contributed by atoms with Crippen LogP contribution in [-0.2, 0) is 6.42 Å². The van der Waals surface area contributed by atoms with Crippen LogP contribution >= 0.6 is 10.8 Å². The van der Waals surface area contributed by atoms with E-state index in [0.717, 1.165) is 12.5 Å². The molecule has 4 aromatic rings. The van der Waals surface area contributed by atoms with E-state index in [1.807, 2.05) is 0 Å². The Labute approximate surface area is 188 Å². The second-order valence-electron chi connectivity index (χ2n) is 7.67. The fraction of sp³-hybridized carbons (Fsp3) is 0.238. The Bertz CT molecular complexity index is 1350. The highest BCUT2D eigenvalue weighted by Crippen LogP contribution is 2.51. The minimum absolute atomic E-state index is 0.0146. The van der Waals surface area contributed by atoms with E-state index in [-0.39, 0.29) is 52.2 Å². The number of hydrogen-bond acceptors (Lipinski definition) is 8. The van der Waals surface area contributed by atoms with Crippen molar-refractivity contribution < 1.29 is 23.0 Å². The number of aromatic amines is 1. The molecule has 1 aliphatic rings. The van der Waals surface area contributed by atoms with Gasteiger partial charge in [-0.1, -0.05) is 12.1 Å². The molecule has 9 nitrogen and oxygen atoms in total. The zero-order valence-corrected chi connectivity index (χ0v) is 18.1. The number of halogens is 2. The van der Waals surface area contributed by atoms with E-state index in [1.165, 1.54) is 22.6 Å². The third kappa shape index (κ3) is 3.86. The van der Waals surface area contributed by atoms with Crippen molar-refractivity contribution >= 4 is 27.5 Å². The molecule has 172 valence electrons. The lowest BCUT2D eigenvalue weighted by Gasteiger charge is -2.47. The van der Waals surface area contributed by atoms with E-state index in [0.29, 0.717) is 18.4 Å². The Hall–Kier alpha value is -3.35. The largest absolute Gasteiger partial charge is 0.504 e. The van der Waals surface area contributed by atoms with Gasteiger partial charge in [-0.05, 0) is 36.6 Å². The fourth-order valence-electron chi connectivity index (χ4n) is 3.85. The minimum Gasteiger partial charge on any atom is -0.504 e. The molecule has 33 heavy (non-hydrogen) atoms. The van der Waals surface area contributed by atoms with Gasteiger partial charge >= 0.3 is 0 Å². The van der Waals surface area contributed by atoms with Gasteiger partial charge in [0.1, 0.15) is 11.3 Å². The van der Waals surface area contributed by atoms with E-state index in [9.17, 15) is 23.0 Å². The van der Waals surface area contributed by atoms with Crippen LogP contribution in [0.2, 0.25) is 0 Å². The summed E-state index contributed by atoms with van der Waals surface area (Å²) in [6, 6.07) is 7.22. The van der Waals surface area contributed by atoms with Crippen LogP contribution < -0.4 is 4.31 Å². The van der Waals surface area contributed by atoms with Gasteiger partial charge in [0.15, 0.2) is 28.9 Å². The lowest BCUT2D eigenvalue weighted by Crippen LogP contribution is -2.35. The van der Waals surface area contributed by atoms with Crippen LogP contribution in [0.5, 0.6) is 5.75 Å². The summed E-state index contributed by atoms with van der Waals surface area (Å²) in [4.78, 5) is 13.0. The van der Waals surface area contributed by atoms with Gasteiger partial charge in [-0.25, -0.2) is 18.7 Å². The number of benzene rings is 1. The predicted octanol–water partition coefficient (Wildman–Crippen LogP) is 4.26. The lowest BCUT2D eigenvalue weighted by molar-refractivity contribution is 0.466. The number of aromatic hydroxyl groups is 1. The maximum Gasteiger partial charge on any atom is 0.203 e. The second kappa shape index (κ2) is 8.21. The second-order valence-corrected chi connectivity index (χ2v) is 9.79. The van der Waals surface area contributed by atoms with Crippen molar-refractivity contribution in [2.45, 2.75) is 19.3 Å². The summed E-state index contributed by atoms with van der Waals surface area (Å²) in [5, 5.41) is 18.1. The first-order valence-electron chi connectivity index (χ1n) is 10.2. The van der Waals surface area contributed by atoms with Gasteiger partial charge in [0.25, 0.3) is 0 Å². The summed E-state index contributed by atoms with van der Waals surface area (Å²) < 4.78 is 50.3. The van der Waals surface area contributed by atoms with Crippen molar-refractivity contribution in [2.24, 2.45) is 0 Å². The van der Waals surface area contributed by atoms with Crippen LogP contribution in [0.4, 0.5) is 14.6 Å². The number of aromatic nitrogens is 5. The first-order valence-corrected chi connectivity index (χ1v) is 11.9. The quantitative estimate of drug-likeness (QED) is 0.345. The van der Waals surface area contributed by atoms with Gasteiger partial charge in [0.05, 0.1) is 5.75 Å². The third-order valence-corrected chi connectivity index (χ3v) is 7.36. The average Bonchev–Trinajstić information content (AvgIpc) is 3.26. The minimum atomic E-state index is -3.09. The number of anilines is 1. The molecule has 0 radical (unpaired) electrons.